The van der Waals surface area contributed by atoms with Gasteiger partial charge in [0.2, 0.25) is 5.91 Å². The van der Waals surface area contributed by atoms with E-state index in [1.54, 1.807) is 0 Å². The number of hydrogen-bond donors (Lipinski definition) is 0. The van der Waals surface area contributed by atoms with Gasteiger partial charge in [-0.25, -0.2) is 4.39 Å². The predicted octanol–water partition coefficient (Wildman–Crippen LogP) is 4.22. The average Bonchev–Trinajstić information content (AvgIpc) is 2.58. The molecule has 0 bridgehead atoms. The van der Waals surface area contributed by atoms with E-state index in [0.29, 0.717) is 12.3 Å². The van der Waals surface area contributed by atoms with Crippen molar-refractivity contribution in [1.29, 1.82) is 0 Å². The van der Waals surface area contributed by atoms with Crippen molar-refractivity contribution >= 4 is 11.6 Å². The summed E-state index contributed by atoms with van der Waals surface area (Å²) in [5.74, 6) is 0.0840. The Morgan fingerprint density at radius 1 is 0.957 bits per heavy atom. The number of amides is 1. The third-order valence-electron chi connectivity index (χ3n) is 4.57. The lowest BCUT2D eigenvalue weighted by Gasteiger charge is -2.36. The number of piperazine rings is 1. The van der Waals surface area contributed by atoms with Gasteiger partial charge in [0.25, 0.3) is 0 Å². The smallest absolute Gasteiger partial charge is 0.222 e. The predicted molar refractivity (Wildman–Crippen MR) is 93.2 cm³/mol. The van der Waals surface area contributed by atoms with Crippen LogP contribution in [0.4, 0.5) is 10.1 Å². The van der Waals surface area contributed by atoms with Crippen molar-refractivity contribution in [2.75, 3.05) is 31.1 Å². The van der Waals surface area contributed by atoms with Crippen molar-refractivity contribution in [1.82, 2.24) is 4.90 Å². The number of benzene rings is 1. The number of rotatable bonds is 8. The van der Waals surface area contributed by atoms with E-state index in [1.165, 1.54) is 44.2 Å². The van der Waals surface area contributed by atoms with Crippen LogP contribution in [0.3, 0.4) is 0 Å². The fourth-order valence-electron chi connectivity index (χ4n) is 3.08. The fraction of sp³-hybridized carbons (Fsp3) is 0.632. The Hall–Kier alpha value is -1.58. The summed E-state index contributed by atoms with van der Waals surface area (Å²) in [6.45, 7) is 5.41. The van der Waals surface area contributed by atoms with Crippen LogP contribution in [0.1, 0.15) is 51.9 Å². The largest absolute Gasteiger partial charge is 0.368 e. The van der Waals surface area contributed by atoms with E-state index in [9.17, 15) is 9.18 Å². The van der Waals surface area contributed by atoms with Crippen LogP contribution < -0.4 is 4.90 Å². The molecule has 1 saturated heterocycles. The van der Waals surface area contributed by atoms with Gasteiger partial charge in [-0.05, 0) is 30.7 Å². The molecule has 1 aliphatic heterocycles. The number of nitrogens with zero attached hydrogens (tertiary/aromatic N) is 2. The van der Waals surface area contributed by atoms with Crippen molar-refractivity contribution in [2.45, 2.75) is 51.9 Å². The standard InChI is InChI=1S/C19H29FN2O/c1-2-3-4-5-6-7-8-19(23)22-15-13-21(14-16-22)18-11-9-17(20)10-12-18/h9-12H,2-8,13-16H2,1H3. The number of anilines is 1. The highest BCUT2D eigenvalue weighted by Gasteiger charge is 2.20. The van der Waals surface area contributed by atoms with Crippen LogP contribution in [-0.4, -0.2) is 37.0 Å². The number of unbranched alkanes of at least 4 members (excludes halogenated alkanes) is 5. The molecule has 4 heteroatoms. The van der Waals surface area contributed by atoms with Gasteiger partial charge in [0.05, 0.1) is 0 Å². The van der Waals surface area contributed by atoms with Gasteiger partial charge >= 0.3 is 0 Å². The molecule has 23 heavy (non-hydrogen) atoms. The highest BCUT2D eigenvalue weighted by atomic mass is 19.1. The molecule has 0 spiro atoms. The third kappa shape index (κ3) is 5.85. The minimum Gasteiger partial charge on any atom is -0.368 e. The zero-order valence-electron chi connectivity index (χ0n) is 14.3. The van der Waals surface area contributed by atoms with Crippen LogP contribution in [0, 0.1) is 5.82 Å². The molecule has 1 aliphatic rings. The van der Waals surface area contributed by atoms with Gasteiger partial charge < -0.3 is 9.80 Å². The number of carbonyl (C=O) groups is 1. The minimum atomic E-state index is -0.207. The number of hydrogen-bond acceptors (Lipinski definition) is 2. The average molecular weight is 320 g/mol. The highest BCUT2D eigenvalue weighted by molar-refractivity contribution is 5.76. The molecule has 0 atom stereocenters. The molecule has 2 rings (SSSR count). The van der Waals surface area contributed by atoms with Gasteiger partial charge in [-0.15, -0.1) is 0 Å². The second-order valence-corrected chi connectivity index (χ2v) is 6.36. The van der Waals surface area contributed by atoms with Crippen LogP contribution in [-0.2, 0) is 4.79 Å². The van der Waals surface area contributed by atoms with Gasteiger partial charge in [-0.1, -0.05) is 39.0 Å². The zero-order chi connectivity index (χ0) is 16.5. The zero-order valence-corrected chi connectivity index (χ0v) is 14.3. The Balaban J connectivity index is 1.65. The Kier molecular flexibility index (Phi) is 7.37. The molecule has 0 N–H and O–H groups in total. The first-order chi connectivity index (χ1) is 11.2. The molecule has 1 heterocycles. The number of halogens is 1. The summed E-state index contributed by atoms with van der Waals surface area (Å²) in [5, 5.41) is 0. The Labute approximate surface area is 139 Å². The summed E-state index contributed by atoms with van der Waals surface area (Å²) in [5.41, 5.74) is 1.04. The van der Waals surface area contributed by atoms with Gasteiger partial charge in [0.15, 0.2) is 0 Å². The van der Waals surface area contributed by atoms with Crippen LogP contribution >= 0.6 is 0 Å². The first-order valence-electron chi connectivity index (χ1n) is 8.99. The second-order valence-electron chi connectivity index (χ2n) is 6.36. The van der Waals surface area contributed by atoms with Crippen LogP contribution in [0.15, 0.2) is 24.3 Å². The lowest BCUT2D eigenvalue weighted by Crippen LogP contribution is -2.48. The molecule has 0 aromatic heterocycles. The normalized spacial score (nSPS) is 15.0. The molecular weight excluding hydrogens is 291 g/mol. The van der Waals surface area contributed by atoms with Crippen molar-refractivity contribution in [3.63, 3.8) is 0 Å². The van der Waals surface area contributed by atoms with Crippen molar-refractivity contribution in [3.8, 4) is 0 Å². The van der Waals surface area contributed by atoms with Crippen molar-refractivity contribution < 1.29 is 9.18 Å². The second kappa shape index (κ2) is 9.53. The summed E-state index contributed by atoms with van der Waals surface area (Å²) in [7, 11) is 0. The molecule has 0 radical (unpaired) electrons. The van der Waals surface area contributed by atoms with Crippen LogP contribution in [0.25, 0.3) is 0 Å². The van der Waals surface area contributed by atoms with Crippen molar-refractivity contribution in [2.24, 2.45) is 0 Å². The molecule has 1 amide bonds. The van der Waals surface area contributed by atoms with Gasteiger partial charge in [-0.2, -0.15) is 0 Å². The summed E-state index contributed by atoms with van der Waals surface area (Å²) in [4.78, 5) is 16.4. The Morgan fingerprint density at radius 2 is 1.57 bits per heavy atom. The third-order valence-corrected chi connectivity index (χ3v) is 4.57. The van der Waals surface area contributed by atoms with E-state index in [-0.39, 0.29) is 5.82 Å². The molecule has 0 unspecified atom stereocenters. The summed E-state index contributed by atoms with van der Waals surface area (Å²) >= 11 is 0. The fourth-order valence-corrected chi connectivity index (χ4v) is 3.08. The first-order valence-corrected chi connectivity index (χ1v) is 8.99. The SMILES string of the molecule is CCCCCCCCC(=O)N1CCN(c2ccc(F)cc2)CC1. The Bertz CT molecular complexity index is 467. The van der Waals surface area contributed by atoms with Crippen molar-refractivity contribution in [3.05, 3.63) is 30.1 Å². The molecule has 1 fully saturated rings. The van der Waals surface area contributed by atoms with E-state index >= 15 is 0 Å². The van der Waals surface area contributed by atoms with E-state index in [1.807, 2.05) is 17.0 Å². The first kappa shape index (κ1) is 17.8. The lowest BCUT2D eigenvalue weighted by atomic mass is 10.1. The van der Waals surface area contributed by atoms with E-state index in [0.717, 1.165) is 38.3 Å². The molecule has 1 aromatic rings. The topological polar surface area (TPSA) is 23.6 Å². The summed E-state index contributed by atoms with van der Waals surface area (Å²) in [6.07, 6.45) is 7.97. The quantitative estimate of drug-likeness (QED) is 0.669. The maximum Gasteiger partial charge on any atom is 0.222 e. The molecular formula is C19H29FN2O. The van der Waals surface area contributed by atoms with Crippen LogP contribution in [0.2, 0.25) is 0 Å². The monoisotopic (exact) mass is 320 g/mol. The minimum absolute atomic E-state index is 0.207. The maximum atomic E-state index is 13.0. The maximum absolute atomic E-state index is 13.0. The van der Waals surface area contributed by atoms with Gasteiger partial charge in [0.1, 0.15) is 5.82 Å². The Morgan fingerprint density at radius 3 is 2.22 bits per heavy atom. The molecule has 0 aliphatic carbocycles. The molecule has 1 aromatic carbocycles. The van der Waals surface area contributed by atoms with E-state index in [2.05, 4.69) is 11.8 Å². The highest BCUT2D eigenvalue weighted by Crippen LogP contribution is 2.17. The summed E-state index contributed by atoms with van der Waals surface area (Å²) < 4.78 is 13.0. The van der Waals surface area contributed by atoms with E-state index < -0.39 is 0 Å². The molecule has 0 saturated carbocycles. The molecule has 3 nitrogen and oxygen atoms in total. The van der Waals surface area contributed by atoms with Crippen LogP contribution in [0.5, 0.6) is 0 Å². The number of carbonyl (C=O) groups excluding carboxylic acids is 1. The van der Waals surface area contributed by atoms with Gasteiger partial charge in [0, 0.05) is 38.3 Å². The van der Waals surface area contributed by atoms with E-state index in [4.69, 9.17) is 0 Å². The van der Waals surface area contributed by atoms with Gasteiger partial charge in [-0.3, -0.25) is 4.79 Å². The summed E-state index contributed by atoms with van der Waals surface area (Å²) in [6, 6.07) is 6.60. The lowest BCUT2D eigenvalue weighted by molar-refractivity contribution is -0.131. The molecule has 128 valence electrons.